The minimum Gasteiger partial charge on any atom is -0.493 e. The van der Waals surface area contributed by atoms with Crippen LogP contribution >= 0.6 is 0 Å². The van der Waals surface area contributed by atoms with Gasteiger partial charge in [-0.15, -0.1) is 0 Å². The predicted octanol–water partition coefficient (Wildman–Crippen LogP) is 2.57. The first-order valence-electron chi connectivity index (χ1n) is 6.44. The van der Waals surface area contributed by atoms with Crippen LogP contribution in [0.5, 0.6) is 11.5 Å². The second kappa shape index (κ2) is 6.93. The first-order chi connectivity index (χ1) is 9.47. The molecule has 0 aromatic heterocycles. The van der Waals surface area contributed by atoms with Gasteiger partial charge in [-0.25, -0.2) is 4.79 Å². The molecule has 0 N–H and O–H groups in total. The van der Waals surface area contributed by atoms with Crippen molar-refractivity contribution in [1.82, 2.24) is 0 Å². The Labute approximate surface area is 118 Å². The van der Waals surface area contributed by atoms with Gasteiger partial charge < -0.3 is 14.2 Å². The highest BCUT2D eigenvalue weighted by Gasteiger charge is 2.28. The quantitative estimate of drug-likeness (QED) is 0.455. The topological polar surface area (TPSA) is 61.8 Å². The number of ether oxygens (including phenoxy) is 3. The van der Waals surface area contributed by atoms with Gasteiger partial charge in [0.05, 0.1) is 26.4 Å². The average molecular weight is 280 g/mol. The summed E-state index contributed by atoms with van der Waals surface area (Å²) < 4.78 is 15.2. The zero-order valence-corrected chi connectivity index (χ0v) is 12.5. The van der Waals surface area contributed by atoms with Gasteiger partial charge in [-0.05, 0) is 24.5 Å². The minimum absolute atomic E-state index is 0.0585. The van der Waals surface area contributed by atoms with E-state index in [4.69, 9.17) is 14.2 Å². The number of hydrogen-bond acceptors (Lipinski definition) is 5. The third-order valence-corrected chi connectivity index (χ3v) is 2.89. The zero-order valence-electron chi connectivity index (χ0n) is 12.5. The lowest BCUT2D eigenvalue weighted by Gasteiger charge is -2.17. The molecule has 0 radical (unpaired) electrons. The molecule has 5 heteroatoms. The Kier molecular flexibility index (Phi) is 5.55. The fourth-order valence-electron chi connectivity index (χ4n) is 1.96. The highest BCUT2D eigenvalue weighted by atomic mass is 16.5. The van der Waals surface area contributed by atoms with Gasteiger partial charge in [-0.1, -0.05) is 19.9 Å². The van der Waals surface area contributed by atoms with Gasteiger partial charge >= 0.3 is 5.97 Å². The van der Waals surface area contributed by atoms with Crippen LogP contribution in [0.4, 0.5) is 0 Å². The molecule has 0 aliphatic heterocycles. The van der Waals surface area contributed by atoms with Crippen molar-refractivity contribution in [2.24, 2.45) is 0 Å². The minimum atomic E-state index is -0.888. The highest BCUT2D eigenvalue weighted by Crippen LogP contribution is 2.36. The van der Waals surface area contributed by atoms with E-state index in [9.17, 15) is 9.59 Å². The van der Waals surface area contributed by atoms with Crippen molar-refractivity contribution in [3.8, 4) is 11.5 Å². The number of carbonyl (C=O) groups is 2. The summed E-state index contributed by atoms with van der Waals surface area (Å²) in [6, 6.07) is 3.48. The van der Waals surface area contributed by atoms with E-state index in [0.717, 1.165) is 5.56 Å². The van der Waals surface area contributed by atoms with E-state index >= 15 is 0 Å². The molecule has 0 unspecified atom stereocenters. The van der Waals surface area contributed by atoms with Crippen LogP contribution in [0.3, 0.4) is 0 Å². The summed E-state index contributed by atoms with van der Waals surface area (Å²) in [5.74, 6) is -0.878. The summed E-state index contributed by atoms with van der Waals surface area (Å²) in [7, 11) is 2.91. The van der Waals surface area contributed by atoms with Crippen LogP contribution in [0, 0.1) is 0 Å². The van der Waals surface area contributed by atoms with Crippen LogP contribution in [-0.2, 0) is 9.53 Å². The number of hydrogen-bond donors (Lipinski definition) is 0. The first kappa shape index (κ1) is 16.0. The fraction of sp³-hybridized carbons (Fsp3) is 0.467. The van der Waals surface area contributed by atoms with E-state index in [2.05, 4.69) is 0 Å². The zero-order chi connectivity index (χ0) is 15.3. The molecule has 1 aromatic rings. The molecule has 1 rings (SSSR count). The maximum Gasteiger partial charge on any atom is 0.379 e. The van der Waals surface area contributed by atoms with Gasteiger partial charge in [0.25, 0.3) is 5.78 Å². The summed E-state index contributed by atoms with van der Waals surface area (Å²) >= 11 is 0. The van der Waals surface area contributed by atoms with E-state index in [1.165, 1.54) is 14.2 Å². The van der Waals surface area contributed by atoms with Gasteiger partial charge in [0.1, 0.15) is 0 Å². The summed E-state index contributed by atoms with van der Waals surface area (Å²) in [5.41, 5.74) is 0.931. The molecule has 0 saturated heterocycles. The van der Waals surface area contributed by atoms with E-state index < -0.39 is 11.8 Å². The van der Waals surface area contributed by atoms with Gasteiger partial charge in [-0.3, -0.25) is 4.79 Å². The third-order valence-electron chi connectivity index (χ3n) is 2.89. The van der Waals surface area contributed by atoms with E-state index in [1.54, 1.807) is 19.1 Å². The largest absolute Gasteiger partial charge is 0.493 e. The molecule has 110 valence electrons. The summed E-state index contributed by atoms with van der Waals surface area (Å²) in [4.78, 5) is 24.0. The standard InChI is InChI=1S/C15H20O5/c1-6-20-15(17)13(16)12-10(9(2)3)7-8-11(18-4)14(12)19-5/h7-9H,6H2,1-5H3. The normalized spacial score (nSPS) is 10.3. The molecular formula is C15H20O5. The molecule has 0 amide bonds. The summed E-state index contributed by atoms with van der Waals surface area (Å²) in [5, 5.41) is 0. The third kappa shape index (κ3) is 3.10. The number of carbonyl (C=O) groups excluding carboxylic acids is 2. The molecule has 0 saturated carbocycles. The lowest BCUT2D eigenvalue weighted by Crippen LogP contribution is -2.20. The maximum atomic E-state index is 12.3. The molecule has 0 aliphatic rings. The van der Waals surface area contributed by atoms with E-state index in [1.807, 2.05) is 13.8 Å². The lowest BCUT2D eigenvalue weighted by atomic mass is 9.93. The summed E-state index contributed by atoms with van der Waals surface area (Å²) in [6.07, 6.45) is 0. The molecule has 0 spiro atoms. The smallest absolute Gasteiger partial charge is 0.379 e. The van der Waals surface area contributed by atoms with Gasteiger partial charge in [0.15, 0.2) is 11.5 Å². The van der Waals surface area contributed by atoms with Crippen LogP contribution in [-0.4, -0.2) is 32.6 Å². The van der Waals surface area contributed by atoms with Crippen molar-refractivity contribution in [3.05, 3.63) is 23.3 Å². The van der Waals surface area contributed by atoms with Gasteiger partial charge in [0, 0.05) is 0 Å². The van der Waals surface area contributed by atoms with Crippen molar-refractivity contribution < 1.29 is 23.8 Å². The second-order valence-electron chi connectivity index (χ2n) is 4.47. The summed E-state index contributed by atoms with van der Waals surface area (Å²) in [6.45, 7) is 5.66. The molecule has 0 atom stereocenters. The highest BCUT2D eigenvalue weighted by molar-refractivity contribution is 6.41. The van der Waals surface area contributed by atoms with Crippen molar-refractivity contribution in [2.75, 3.05) is 20.8 Å². The Balaban J connectivity index is 3.46. The maximum absolute atomic E-state index is 12.3. The number of ketones is 1. The van der Waals surface area contributed by atoms with Crippen molar-refractivity contribution >= 4 is 11.8 Å². The van der Waals surface area contributed by atoms with E-state index in [-0.39, 0.29) is 23.8 Å². The lowest BCUT2D eigenvalue weighted by molar-refractivity contribution is -0.137. The van der Waals surface area contributed by atoms with E-state index in [0.29, 0.717) is 5.75 Å². The monoisotopic (exact) mass is 280 g/mol. The van der Waals surface area contributed by atoms with Gasteiger partial charge in [-0.2, -0.15) is 0 Å². The molecular weight excluding hydrogens is 260 g/mol. The Bertz CT molecular complexity index is 505. The Hall–Kier alpha value is -2.04. The van der Waals surface area contributed by atoms with Crippen molar-refractivity contribution in [2.45, 2.75) is 26.7 Å². The number of esters is 1. The molecule has 20 heavy (non-hydrogen) atoms. The van der Waals surface area contributed by atoms with Crippen LogP contribution in [0.1, 0.15) is 42.6 Å². The molecule has 1 aromatic carbocycles. The SMILES string of the molecule is CCOC(=O)C(=O)c1c(C(C)C)ccc(OC)c1OC. The molecule has 0 fully saturated rings. The van der Waals surface area contributed by atoms with Crippen molar-refractivity contribution in [1.29, 1.82) is 0 Å². The van der Waals surface area contributed by atoms with Crippen LogP contribution < -0.4 is 9.47 Å². The number of methoxy groups -OCH3 is 2. The molecule has 0 heterocycles. The fourth-order valence-corrected chi connectivity index (χ4v) is 1.96. The van der Waals surface area contributed by atoms with Crippen LogP contribution in [0.15, 0.2) is 12.1 Å². The van der Waals surface area contributed by atoms with Crippen LogP contribution in [0.25, 0.3) is 0 Å². The van der Waals surface area contributed by atoms with Crippen LogP contribution in [0.2, 0.25) is 0 Å². The number of rotatable bonds is 6. The Morgan fingerprint density at radius 1 is 1.15 bits per heavy atom. The molecule has 5 nitrogen and oxygen atoms in total. The number of benzene rings is 1. The van der Waals surface area contributed by atoms with Crippen molar-refractivity contribution in [3.63, 3.8) is 0 Å². The van der Waals surface area contributed by atoms with Gasteiger partial charge in [0.2, 0.25) is 0 Å². The second-order valence-corrected chi connectivity index (χ2v) is 4.47. The Morgan fingerprint density at radius 2 is 1.80 bits per heavy atom. The molecule has 0 aliphatic carbocycles. The Morgan fingerprint density at radius 3 is 2.25 bits per heavy atom. The average Bonchev–Trinajstić information content (AvgIpc) is 2.44. The predicted molar refractivity (Wildman–Crippen MR) is 74.6 cm³/mol. The first-order valence-corrected chi connectivity index (χ1v) is 6.44. The number of Topliss-reactive ketones (excluding diaryl/α,β-unsaturated/α-hetero) is 1. The molecule has 0 bridgehead atoms.